The van der Waals surface area contributed by atoms with E-state index in [1.54, 1.807) is 24.1 Å². The van der Waals surface area contributed by atoms with Gasteiger partial charge in [0.05, 0.1) is 11.1 Å². The van der Waals surface area contributed by atoms with Crippen LogP contribution in [0.3, 0.4) is 0 Å². The van der Waals surface area contributed by atoms with Crippen molar-refractivity contribution >= 4 is 28.5 Å². The largest absolute Gasteiger partial charge is 0.355 e. The highest BCUT2D eigenvalue weighted by Crippen LogP contribution is 2.34. The van der Waals surface area contributed by atoms with Crippen LogP contribution in [0.1, 0.15) is 27.3 Å². The van der Waals surface area contributed by atoms with Crippen LogP contribution in [-0.4, -0.2) is 43.5 Å². The number of benzene rings is 1. The fourth-order valence-corrected chi connectivity index (χ4v) is 3.48. The fraction of sp³-hybridized carbons (Fsp3) is 0.227. The van der Waals surface area contributed by atoms with Crippen LogP contribution in [0, 0.1) is 5.92 Å². The maximum atomic E-state index is 12.7. The molecule has 5 rings (SSSR count). The number of nitrogens with one attached hydrogen (secondary N) is 3. The molecule has 1 fully saturated rings. The molecule has 3 N–H and O–H groups in total. The van der Waals surface area contributed by atoms with Gasteiger partial charge in [0.15, 0.2) is 11.6 Å². The number of hydrogen-bond donors (Lipinski definition) is 3. The molecule has 3 heterocycles. The van der Waals surface area contributed by atoms with E-state index in [0.717, 1.165) is 24.0 Å². The molecule has 31 heavy (non-hydrogen) atoms. The maximum Gasteiger partial charge on any atom is 0.253 e. The molecule has 2 amide bonds. The average Bonchev–Trinajstić information content (AvgIpc) is 3.39. The Kier molecular flexibility index (Phi) is 3.74. The molecule has 0 atom stereocenters. The van der Waals surface area contributed by atoms with E-state index in [4.69, 9.17) is 4.11 Å². The number of nitrogens with zero attached hydrogens (tertiary/aromatic N) is 4. The number of pyridine rings is 1. The number of anilines is 1. The van der Waals surface area contributed by atoms with E-state index in [-0.39, 0.29) is 23.2 Å². The van der Waals surface area contributed by atoms with E-state index in [1.807, 2.05) is 29.6 Å². The molecule has 0 aliphatic heterocycles. The molecule has 0 spiro atoms. The summed E-state index contributed by atoms with van der Waals surface area (Å²) in [6, 6.07) is 9.28. The van der Waals surface area contributed by atoms with Crippen molar-refractivity contribution in [2.45, 2.75) is 12.8 Å². The molecule has 1 aliphatic carbocycles. The summed E-state index contributed by atoms with van der Waals surface area (Å²) < 4.78 is 23.7. The highest BCUT2D eigenvalue weighted by atomic mass is 16.2. The molecule has 0 saturated heterocycles. The molecule has 1 aromatic carbocycles. The van der Waals surface area contributed by atoms with Gasteiger partial charge < -0.3 is 15.6 Å². The predicted octanol–water partition coefficient (Wildman–Crippen LogP) is 2.73. The van der Waals surface area contributed by atoms with E-state index in [9.17, 15) is 9.59 Å². The lowest BCUT2D eigenvalue weighted by atomic mass is 10.1. The Morgan fingerprint density at radius 2 is 2.06 bits per heavy atom. The molecule has 0 bridgehead atoms. The number of amides is 2. The van der Waals surface area contributed by atoms with Crippen molar-refractivity contribution in [1.29, 1.82) is 0 Å². The summed E-state index contributed by atoms with van der Waals surface area (Å²) in [4.78, 5) is 36.8. The Morgan fingerprint density at radius 3 is 2.81 bits per heavy atom. The lowest BCUT2D eigenvalue weighted by Gasteiger charge is -2.07. The van der Waals surface area contributed by atoms with E-state index >= 15 is 0 Å². The van der Waals surface area contributed by atoms with Crippen LogP contribution >= 0.6 is 0 Å². The smallest absolute Gasteiger partial charge is 0.253 e. The number of aryl methyl sites for hydroxylation is 1. The van der Waals surface area contributed by atoms with Gasteiger partial charge in [-0.1, -0.05) is 18.2 Å². The molecule has 4 aromatic rings. The molecular weight excluding hydrogens is 394 g/mol. The standard InChI is InChI=1S/C22H21N7O2/c1-23-22(31)16-10-24-20(27-21(30)12-6-7-12)18-15(16)9-17(26-18)13-4-3-5-14(8-13)19-25-11-29(2)28-19/h3-5,8-12,26H,6-7H2,1-2H3,(H,23,31)(H,24,27,30)/i1D3. The number of carbonyl (C=O) groups is 2. The number of aromatic amines is 1. The zero-order valence-corrected chi connectivity index (χ0v) is 16.6. The maximum absolute atomic E-state index is 12.7. The van der Waals surface area contributed by atoms with Crippen LogP contribution in [0.5, 0.6) is 0 Å². The normalized spacial score (nSPS) is 15.2. The lowest BCUT2D eigenvalue weighted by Crippen LogP contribution is -2.19. The van der Waals surface area contributed by atoms with Crippen LogP contribution in [0.4, 0.5) is 5.82 Å². The van der Waals surface area contributed by atoms with Gasteiger partial charge in [-0.3, -0.25) is 14.3 Å². The van der Waals surface area contributed by atoms with Crippen molar-refractivity contribution in [2.75, 3.05) is 12.3 Å². The summed E-state index contributed by atoms with van der Waals surface area (Å²) in [5.41, 5.74) is 2.77. The molecule has 156 valence electrons. The van der Waals surface area contributed by atoms with Crippen molar-refractivity contribution in [2.24, 2.45) is 13.0 Å². The quantitative estimate of drug-likeness (QED) is 0.461. The highest BCUT2D eigenvalue weighted by molar-refractivity contribution is 6.11. The Hall–Kier alpha value is -4.01. The van der Waals surface area contributed by atoms with Crippen LogP contribution in [0.15, 0.2) is 42.9 Å². The molecular formula is C22H21N7O2. The monoisotopic (exact) mass is 418 g/mol. The van der Waals surface area contributed by atoms with Gasteiger partial charge in [0.1, 0.15) is 6.33 Å². The molecule has 1 saturated carbocycles. The topological polar surface area (TPSA) is 118 Å². The number of carbonyl (C=O) groups excluding carboxylic acids is 2. The fourth-order valence-electron chi connectivity index (χ4n) is 3.48. The molecule has 1 aliphatic rings. The minimum Gasteiger partial charge on any atom is -0.355 e. The average molecular weight is 418 g/mol. The summed E-state index contributed by atoms with van der Waals surface area (Å²) in [7, 11) is 1.79. The Balaban J connectivity index is 1.59. The van der Waals surface area contributed by atoms with Gasteiger partial charge in [0.2, 0.25) is 5.91 Å². The summed E-state index contributed by atoms with van der Waals surface area (Å²) in [5.74, 6) is -0.0989. The van der Waals surface area contributed by atoms with Crippen molar-refractivity contribution in [3.63, 3.8) is 0 Å². The van der Waals surface area contributed by atoms with Crippen LogP contribution in [0.2, 0.25) is 0 Å². The zero-order valence-electron chi connectivity index (χ0n) is 19.6. The molecule has 3 aromatic heterocycles. The highest BCUT2D eigenvalue weighted by Gasteiger charge is 2.30. The third kappa shape index (κ3) is 3.54. The zero-order chi connectivity index (χ0) is 24.0. The van der Waals surface area contributed by atoms with Gasteiger partial charge in [-0.2, -0.15) is 5.10 Å². The van der Waals surface area contributed by atoms with Gasteiger partial charge in [-0.05, 0) is 30.5 Å². The first-order valence-electron chi connectivity index (χ1n) is 11.3. The third-order valence-electron chi connectivity index (χ3n) is 5.25. The van der Waals surface area contributed by atoms with Gasteiger partial charge in [0.25, 0.3) is 5.91 Å². The van der Waals surface area contributed by atoms with Gasteiger partial charge in [0, 0.05) is 46.9 Å². The number of hydrogen-bond acceptors (Lipinski definition) is 5. The Labute approximate surface area is 182 Å². The summed E-state index contributed by atoms with van der Waals surface area (Å²) in [6.45, 7) is -2.65. The molecule has 9 heteroatoms. The number of aromatic nitrogens is 5. The second-order valence-corrected chi connectivity index (χ2v) is 7.53. The van der Waals surface area contributed by atoms with Gasteiger partial charge in [-0.25, -0.2) is 9.97 Å². The van der Waals surface area contributed by atoms with Crippen molar-refractivity contribution in [3.05, 3.63) is 48.4 Å². The number of rotatable bonds is 5. The number of H-pyrrole nitrogens is 1. The summed E-state index contributed by atoms with van der Waals surface area (Å²) in [5, 5.41) is 9.59. The van der Waals surface area contributed by atoms with Crippen molar-refractivity contribution in [1.82, 2.24) is 30.0 Å². The van der Waals surface area contributed by atoms with Crippen molar-refractivity contribution < 1.29 is 13.7 Å². The minimum atomic E-state index is -2.65. The predicted molar refractivity (Wildman–Crippen MR) is 116 cm³/mol. The SMILES string of the molecule is [2H]C([2H])([2H])NC(=O)c1cnc(NC(=O)C2CC2)c2[nH]c(-c3cccc(-c4ncn(C)n4)c3)cc12. The third-order valence-corrected chi connectivity index (χ3v) is 5.25. The second kappa shape index (κ2) is 7.35. The summed E-state index contributed by atoms with van der Waals surface area (Å²) >= 11 is 0. The van der Waals surface area contributed by atoms with Gasteiger partial charge >= 0.3 is 0 Å². The van der Waals surface area contributed by atoms with Crippen molar-refractivity contribution in [3.8, 4) is 22.6 Å². The summed E-state index contributed by atoms with van der Waals surface area (Å²) in [6.07, 6.45) is 4.55. The van der Waals surface area contributed by atoms with E-state index in [0.29, 0.717) is 22.4 Å². The Morgan fingerprint density at radius 1 is 1.23 bits per heavy atom. The Bertz CT molecular complexity index is 1420. The molecule has 0 unspecified atom stereocenters. The van der Waals surface area contributed by atoms with E-state index in [2.05, 4.69) is 25.4 Å². The van der Waals surface area contributed by atoms with E-state index < -0.39 is 12.9 Å². The first-order valence-corrected chi connectivity index (χ1v) is 9.79. The first-order chi connectivity index (χ1) is 16.2. The number of fused-ring (bicyclic) bond motifs is 1. The van der Waals surface area contributed by atoms with Gasteiger partial charge in [-0.15, -0.1) is 0 Å². The van der Waals surface area contributed by atoms with Crippen LogP contribution in [-0.2, 0) is 11.8 Å². The van der Waals surface area contributed by atoms with E-state index in [1.165, 1.54) is 6.20 Å². The molecule has 0 radical (unpaired) electrons. The van der Waals surface area contributed by atoms with Crippen LogP contribution in [0.25, 0.3) is 33.5 Å². The first kappa shape index (κ1) is 15.8. The molecule has 9 nitrogen and oxygen atoms in total. The lowest BCUT2D eigenvalue weighted by molar-refractivity contribution is -0.117. The second-order valence-electron chi connectivity index (χ2n) is 7.53. The van der Waals surface area contributed by atoms with Crippen LogP contribution < -0.4 is 10.6 Å². The minimum absolute atomic E-state index is 0.0348.